The molecule has 0 spiro atoms. The molecule has 1 heterocycles. The van der Waals surface area contributed by atoms with E-state index >= 15 is 0 Å². The molecule has 5 heteroatoms. The molecule has 0 aliphatic heterocycles. The van der Waals surface area contributed by atoms with E-state index in [0.29, 0.717) is 6.61 Å². The summed E-state index contributed by atoms with van der Waals surface area (Å²) in [4.78, 5) is 12.5. The summed E-state index contributed by atoms with van der Waals surface area (Å²) in [6, 6.07) is 16.5. The molecule has 0 bridgehead atoms. The topological polar surface area (TPSA) is 43.3 Å². The largest absolute Gasteiger partial charge is 0.415 e. The Morgan fingerprint density at radius 1 is 1.00 bits per heavy atom. The Kier molecular flexibility index (Phi) is 7.58. The molecule has 1 N–H and O–H groups in total. The third kappa shape index (κ3) is 6.48. The standard InChI is InChI=1S/C29H40N2O2Si/c1-28(2,3)24-13-9-22(10-14-24)11-16-27(32)30-25-15-12-23-17-18-31(26(23)21-25)19-20-33-34(7,8)29(4,5)6/h9-18,21H,19-20H2,1-8H3,(H,30,32)/b16-11+. The van der Waals surface area contributed by atoms with Gasteiger partial charge >= 0.3 is 0 Å². The van der Waals surface area contributed by atoms with Crippen LogP contribution in [0, 0.1) is 0 Å². The molecule has 0 aliphatic rings. The number of carbonyl (C=O) groups excluding carboxylic acids is 1. The van der Waals surface area contributed by atoms with E-state index in [1.165, 1.54) is 5.56 Å². The minimum Gasteiger partial charge on any atom is -0.415 e. The maximum Gasteiger partial charge on any atom is 0.248 e. The number of aromatic nitrogens is 1. The zero-order valence-corrected chi connectivity index (χ0v) is 23.0. The van der Waals surface area contributed by atoms with Crippen LogP contribution in [0.3, 0.4) is 0 Å². The fraction of sp³-hybridized carbons (Fsp3) is 0.414. The quantitative estimate of drug-likeness (QED) is 0.282. The molecule has 0 radical (unpaired) electrons. The molecule has 3 aromatic rings. The number of fused-ring (bicyclic) bond motifs is 1. The van der Waals surface area contributed by atoms with Gasteiger partial charge in [0.05, 0.1) is 12.1 Å². The molecule has 0 atom stereocenters. The fourth-order valence-electron chi connectivity index (χ4n) is 3.52. The van der Waals surface area contributed by atoms with Gasteiger partial charge in [0.1, 0.15) is 0 Å². The summed E-state index contributed by atoms with van der Waals surface area (Å²) in [6.07, 6.45) is 5.52. The van der Waals surface area contributed by atoms with Crippen molar-refractivity contribution < 1.29 is 9.22 Å². The summed E-state index contributed by atoms with van der Waals surface area (Å²) in [5, 5.41) is 4.35. The van der Waals surface area contributed by atoms with Gasteiger partial charge in [-0.25, -0.2) is 0 Å². The molecule has 34 heavy (non-hydrogen) atoms. The van der Waals surface area contributed by atoms with Crippen molar-refractivity contribution in [3.8, 4) is 0 Å². The van der Waals surface area contributed by atoms with E-state index in [4.69, 9.17) is 4.43 Å². The van der Waals surface area contributed by atoms with E-state index in [1.54, 1.807) is 6.08 Å². The molecule has 0 saturated heterocycles. The highest BCUT2D eigenvalue weighted by Gasteiger charge is 2.36. The summed E-state index contributed by atoms with van der Waals surface area (Å²) >= 11 is 0. The molecule has 4 nitrogen and oxygen atoms in total. The van der Waals surface area contributed by atoms with Gasteiger partial charge in [-0.15, -0.1) is 0 Å². The summed E-state index contributed by atoms with van der Waals surface area (Å²) in [5.41, 5.74) is 4.29. The number of hydrogen-bond donors (Lipinski definition) is 1. The molecule has 1 amide bonds. The first-order valence-corrected chi connectivity index (χ1v) is 15.0. The van der Waals surface area contributed by atoms with E-state index in [1.807, 2.05) is 24.3 Å². The zero-order chi connectivity index (χ0) is 25.1. The van der Waals surface area contributed by atoms with Crippen molar-refractivity contribution in [3.63, 3.8) is 0 Å². The van der Waals surface area contributed by atoms with Gasteiger partial charge in [0.25, 0.3) is 0 Å². The average molecular weight is 477 g/mol. The second kappa shape index (κ2) is 9.93. The second-order valence-electron chi connectivity index (χ2n) is 11.6. The number of nitrogens with one attached hydrogen (secondary N) is 1. The highest BCUT2D eigenvalue weighted by Crippen LogP contribution is 2.36. The van der Waals surface area contributed by atoms with Crippen LogP contribution in [0.5, 0.6) is 0 Å². The fourth-order valence-corrected chi connectivity index (χ4v) is 4.56. The van der Waals surface area contributed by atoms with Crippen LogP contribution < -0.4 is 5.32 Å². The molecular formula is C29H40N2O2Si. The minimum absolute atomic E-state index is 0.118. The van der Waals surface area contributed by atoms with Crippen LogP contribution in [0.15, 0.2) is 60.8 Å². The molecule has 2 aromatic carbocycles. The first-order chi connectivity index (χ1) is 15.8. The summed E-state index contributed by atoms with van der Waals surface area (Å²) in [5.74, 6) is -0.140. The minimum atomic E-state index is -1.77. The van der Waals surface area contributed by atoms with Crippen molar-refractivity contribution in [2.45, 2.75) is 71.6 Å². The lowest BCUT2D eigenvalue weighted by molar-refractivity contribution is -0.111. The Morgan fingerprint density at radius 2 is 1.68 bits per heavy atom. The molecule has 182 valence electrons. The lowest BCUT2D eigenvalue weighted by Crippen LogP contribution is -2.41. The Hall–Kier alpha value is -2.63. The normalized spacial score (nSPS) is 13.1. The van der Waals surface area contributed by atoms with Gasteiger partial charge in [0, 0.05) is 24.5 Å². The van der Waals surface area contributed by atoms with Gasteiger partial charge in [0.15, 0.2) is 8.32 Å². The van der Waals surface area contributed by atoms with Crippen molar-refractivity contribution in [2.75, 3.05) is 11.9 Å². The Bertz CT molecular complexity index is 1160. The van der Waals surface area contributed by atoms with Crippen LogP contribution in [0.4, 0.5) is 5.69 Å². The zero-order valence-electron chi connectivity index (χ0n) is 22.0. The molecule has 3 rings (SSSR count). The Labute approximate surface area is 206 Å². The lowest BCUT2D eigenvalue weighted by atomic mass is 9.87. The van der Waals surface area contributed by atoms with E-state index in [2.05, 4.69) is 101 Å². The monoisotopic (exact) mass is 476 g/mol. The maximum absolute atomic E-state index is 12.5. The second-order valence-corrected chi connectivity index (χ2v) is 16.4. The van der Waals surface area contributed by atoms with Gasteiger partial charge in [-0.3, -0.25) is 4.79 Å². The van der Waals surface area contributed by atoms with E-state index in [9.17, 15) is 4.79 Å². The first-order valence-electron chi connectivity index (χ1n) is 12.1. The van der Waals surface area contributed by atoms with Crippen molar-refractivity contribution >= 4 is 36.9 Å². The number of benzene rings is 2. The van der Waals surface area contributed by atoms with Crippen LogP contribution in [0.25, 0.3) is 17.0 Å². The third-order valence-electron chi connectivity index (χ3n) is 6.85. The Balaban J connectivity index is 1.64. The van der Waals surface area contributed by atoms with Gasteiger partial charge in [-0.1, -0.05) is 71.9 Å². The molecule has 1 aromatic heterocycles. The summed E-state index contributed by atoms with van der Waals surface area (Å²) in [7, 11) is -1.77. The number of amides is 1. The highest BCUT2D eigenvalue weighted by atomic mass is 28.4. The first kappa shape index (κ1) is 26.0. The molecule has 0 fully saturated rings. The highest BCUT2D eigenvalue weighted by molar-refractivity contribution is 6.74. The van der Waals surface area contributed by atoms with Gasteiger partial charge in [0.2, 0.25) is 5.91 Å². The number of rotatable bonds is 7. The predicted molar refractivity (Wildman–Crippen MR) is 148 cm³/mol. The summed E-state index contributed by atoms with van der Waals surface area (Å²) < 4.78 is 8.55. The number of nitrogens with zero attached hydrogens (tertiary/aromatic N) is 1. The molecule has 0 unspecified atom stereocenters. The number of carbonyl (C=O) groups is 1. The number of hydrogen-bond acceptors (Lipinski definition) is 2. The van der Waals surface area contributed by atoms with Crippen molar-refractivity contribution in [1.82, 2.24) is 4.57 Å². The van der Waals surface area contributed by atoms with Crippen LogP contribution in [0.1, 0.15) is 52.7 Å². The van der Waals surface area contributed by atoms with Gasteiger partial charge < -0.3 is 14.3 Å². The molecule has 0 aliphatic carbocycles. The van der Waals surface area contributed by atoms with Crippen molar-refractivity contribution in [2.24, 2.45) is 0 Å². The van der Waals surface area contributed by atoms with Gasteiger partial charge in [-0.05, 0) is 64.3 Å². The van der Waals surface area contributed by atoms with Crippen molar-refractivity contribution in [1.29, 1.82) is 0 Å². The van der Waals surface area contributed by atoms with E-state index in [0.717, 1.165) is 28.7 Å². The van der Waals surface area contributed by atoms with Crippen molar-refractivity contribution in [3.05, 3.63) is 71.9 Å². The lowest BCUT2D eigenvalue weighted by Gasteiger charge is -2.36. The SMILES string of the molecule is CC(C)(C)c1ccc(/C=C/C(=O)Nc2ccc3ccn(CCO[Si](C)(C)C(C)(C)C)c3c2)cc1. The summed E-state index contributed by atoms with van der Waals surface area (Å²) in [6.45, 7) is 19.4. The van der Waals surface area contributed by atoms with Gasteiger partial charge in [-0.2, -0.15) is 0 Å². The van der Waals surface area contributed by atoms with E-state index < -0.39 is 8.32 Å². The number of anilines is 1. The van der Waals surface area contributed by atoms with Crippen LogP contribution in [-0.2, 0) is 21.2 Å². The molecular weight excluding hydrogens is 436 g/mol. The maximum atomic E-state index is 12.5. The van der Waals surface area contributed by atoms with Crippen LogP contribution >= 0.6 is 0 Å². The predicted octanol–water partition coefficient (Wildman–Crippen LogP) is 7.61. The Morgan fingerprint density at radius 3 is 2.29 bits per heavy atom. The van der Waals surface area contributed by atoms with E-state index in [-0.39, 0.29) is 16.4 Å². The third-order valence-corrected chi connectivity index (χ3v) is 11.4. The van der Waals surface area contributed by atoms with Crippen LogP contribution in [-0.4, -0.2) is 25.4 Å². The smallest absolute Gasteiger partial charge is 0.248 e. The van der Waals surface area contributed by atoms with Crippen LogP contribution in [0.2, 0.25) is 18.1 Å². The average Bonchev–Trinajstić information content (AvgIpc) is 3.13. The molecule has 0 saturated carbocycles.